The summed E-state index contributed by atoms with van der Waals surface area (Å²) in [5, 5.41) is 6.55. The van der Waals surface area contributed by atoms with Crippen molar-refractivity contribution >= 4 is 17.6 Å². The molecule has 0 bridgehead atoms. The van der Waals surface area contributed by atoms with E-state index in [4.69, 9.17) is 11.5 Å². The Hall–Kier alpha value is -3.61. The van der Waals surface area contributed by atoms with Gasteiger partial charge in [0, 0.05) is 0 Å². The second-order valence-electron chi connectivity index (χ2n) is 7.57. The van der Waals surface area contributed by atoms with Crippen molar-refractivity contribution in [3.8, 4) is 16.8 Å². The van der Waals surface area contributed by atoms with Gasteiger partial charge in [0.1, 0.15) is 0 Å². The molecule has 3 rings (SSSR count). The van der Waals surface area contributed by atoms with Crippen LogP contribution in [0.1, 0.15) is 36.8 Å². The highest BCUT2D eigenvalue weighted by atomic mass is 16.2. The third-order valence-electron chi connectivity index (χ3n) is 4.40. The lowest BCUT2D eigenvalue weighted by atomic mass is 9.86. The Morgan fingerprint density at radius 3 is 2.25 bits per heavy atom. The Kier molecular flexibility index (Phi) is 4.92. The van der Waals surface area contributed by atoms with E-state index in [-0.39, 0.29) is 16.8 Å². The van der Waals surface area contributed by atoms with Crippen molar-refractivity contribution in [3.05, 3.63) is 66.0 Å². The van der Waals surface area contributed by atoms with E-state index in [0.29, 0.717) is 0 Å². The fraction of sp³-hybridized carbons (Fsp3) is 0.190. The lowest BCUT2D eigenvalue weighted by Crippen LogP contribution is -2.22. The van der Waals surface area contributed by atoms with Crippen LogP contribution in [0.15, 0.2) is 54.7 Å². The van der Waals surface area contributed by atoms with Crippen molar-refractivity contribution < 1.29 is 9.59 Å². The van der Waals surface area contributed by atoms with Crippen molar-refractivity contribution in [1.29, 1.82) is 0 Å². The summed E-state index contributed by atoms with van der Waals surface area (Å²) < 4.78 is 1.48. The van der Waals surface area contributed by atoms with Gasteiger partial charge in [-0.25, -0.2) is 9.48 Å². The first-order valence-corrected chi connectivity index (χ1v) is 8.82. The van der Waals surface area contributed by atoms with Crippen LogP contribution in [0.5, 0.6) is 0 Å². The predicted molar refractivity (Wildman–Crippen MR) is 109 cm³/mol. The maximum Gasteiger partial charge on any atom is 0.316 e. The number of hydrogen-bond acceptors (Lipinski definition) is 3. The van der Waals surface area contributed by atoms with Crippen molar-refractivity contribution in [2.45, 2.75) is 26.2 Å². The first kappa shape index (κ1) is 19.2. The van der Waals surface area contributed by atoms with Gasteiger partial charge in [0.05, 0.1) is 17.6 Å². The zero-order chi connectivity index (χ0) is 20.5. The molecular formula is C21H23N5O2. The molecule has 1 heterocycles. The summed E-state index contributed by atoms with van der Waals surface area (Å²) in [6.45, 7) is 6.52. The Bertz CT molecular complexity index is 1030. The molecule has 2 aromatic carbocycles. The van der Waals surface area contributed by atoms with Gasteiger partial charge in [0.15, 0.2) is 5.69 Å². The topological polar surface area (TPSA) is 116 Å². The van der Waals surface area contributed by atoms with E-state index in [1.54, 1.807) is 0 Å². The Morgan fingerprint density at radius 2 is 1.68 bits per heavy atom. The molecule has 0 radical (unpaired) electrons. The molecule has 0 saturated carbocycles. The SMILES string of the molecule is CC(C)(C)c1ccc(-c2cccc(-n3cc(NC(N)=O)c(C(N)=O)n3)c2)cc1. The van der Waals surface area contributed by atoms with E-state index in [0.717, 1.165) is 16.8 Å². The summed E-state index contributed by atoms with van der Waals surface area (Å²) in [6, 6.07) is 15.3. The lowest BCUT2D eigenvalue weighted by molar-refractivity contribution is 0.0996. The summed E-state index contributed by atoms with van der Waals surface area (Å²) in [4.78, 5) is 22.8. The van der Waals surface area contributed by atoms with Gasteiger partial charge in [-0.15, -0.1) is 0 Å². The number of benzene rings is 2. The molecule has 1 aromatic heterocycles. The van der Waals surface area contributed by atoms with E-state index in [9.17, 15) is 9.59 Å². The van der Waals surface area contributed by atoms with Gasteiger partial charge in [-0.1, -0.05) is 57.2 Å². The molecule has 0 aliphatic heterocycles. The molecule has 3 aromatic rings. The van der Waals surface area contributed by atoms with E-state index in [2.05, 4.69) is 55.5 Å². The van der Waals surface area contributed by atoms with Crippen LogP contribution in [0.3, 0.4) is 0 Å². The van der Waals surface area contributed by atoms with E-state index >= 15 is 0 Å². The van der Waals surface area contributed by atoms with Gasteiger partial charge >= 0.3 is 6.03 Å². The van der Waals surface area contributed by atoms with Crippen LogP contribution in [0, 0.1) is 0 Å². The minimum absolute atomic E-state index is 0.0567. The van der Waals surface area contributed by atoms with Crippen molar-refractivity contribution in [1.82, 2.24) is 9.78 Å². The Balaban J connectivity index is 1.98. The number of rotatable bonds is 4. The zero-order valence-electron chi connectivity index (χ0n) is 16.1. The molecule has 0 saturated heterocycles. The number of hydrogen-bond donors (Lipinski definition) is 3. The molecule has 3 amide bonds. The average Bonchev–Trinajstić information content (AvgIpc) is 3.05. The van der Waals surface area contributed by atoms with Gasteiger partial charge < -0.3 is 16.8 Å². The zero-order valence-corrected chi connectivity index (χ0v) is 16.1. The second kappa shape index (κ2) is 7.19. The molecule has 7 heteroatoms. The molecule has 28 heavy (non-hydrogen) atoms. The highest BCUT2D eigenvalue weighted by Gasteiger charge is 2.17. The van der Waals surface area contributed by atoms with Crippen LogP contribution in [-0.2, 0) is 5.41 Å². The predicted octanol–water partition coefficient (Wildman–Crippen LogP) is 3.43. The first-order chi connectivity index (χ1) is 13.1. The number of nitrogens with zero attached hydrogens (tertiary/aromatic N) is 2. The maximum absolute atomic E-state index is 11.6. The van der Waals surface area contributed by atoms with Crippen LogP contribution in [0.4, 0.5) is 10.5 Å². The van der Waals surface area contributed by atoms with Gasteiger partial charge in [-0.3, -0.25) is 4.79 Å². The van der Waals surface area contributed by atoms with Gasteiger partial charge in [0.25, 0.3) is 5.91 Å². The van der Waals surface area contributed by atoms with E-state index in [1.807, 2.05) is 24.3 Å². The standard InChI is InChI=1S/C21H23N5O2/c1-21(2,3)15-9-7-13(8-10-15)14-5-4-6-16(11-14)26-12-17(24-20(23)28)18(25-26)19(22)27/h4-12H,1-3H3,(H2,22,27)(H3,23,24,28). The molecular weight excluding hydrogens is 354 g/mol. The summed E-state index contributed by atoms with van der Waals surface area (Å²) in [5.41, 5.74) is 14.7. The van der Waals surface area contributed by atoms with Crippen molar-refractivity contribution in [3.63, 3.8) is 0 Å². The number of anilines is 1. The number of nitrogens with two attached hydrogens (primary N) is 2. The number of nitrogens with one attached hydrogen (secondary N) is 1. The average molecular weight is 377 g/mol. The summed E-state index contributed by atoms with van der Waals surface area (Å²) in [5.74, 6) is -0.753. The maximum atomic E-state index is 11.6. The monoisotopic (exact) mass is 377 g/mol. The van der Waals surface area contributed by atoms with Gasteiger partial charge in [-0.2, -0.15) is 5.10 Å². The van der Waals surface area contributed by atoms with Crippen LogP contribution in [-0.4, -0.2) is 21.7 Å². The molecule has 0 aliphatic rings. The molecule has 144 valence electrons. The molecule has 7 nitrogen and oxygen atoms in total. The smallest absolute Gasteiger partial charge is 0.316 e. The number of primary amides is 2. The van der Waals surface area contributed by atoms with Crippen molar-refractivity contribution in [2.75, 3.05) is 5.32 Å². The lowest BCUT2D eigenvalue weighted by Gasteiger charge is -2.19. The van der Waals surface area contributed by atoms with Crippen LogP contribution in [0.2, 0.25) is 0 Å². The molecule has 0 unspecified atom stereocenters. The quantitative estimate of drug-likeness (QED) is 0.647. The third kappa shape index (κ3) is 4.03. The van der Waals surface area contributed by atoms with Gasteiger partial charge in [0.2, 0.25) is 0 Å². The Labute approximate surface area is 163 Å². The normalized spacial score (nSPS) is 11.2. The highest BCUT2D eigenvalue weighted by Crippen LogP contribution is 2.27. The van der Waals surface area contributed by atoms with E-state index in [1.165, 1.54) is 16.4 Å². The number of amides is 3. The molecule has 5 N–H and O–H groups in total. The summed E-state index contributed by atoms with van der Waals surface area (Å²) in [7, 11) is 0. The Morgan fingerprint density at radius 1 is 1.00 bits per heavy atom. The van der Waals surface area contributed by atoms with Crippen LogP contribution < -0.4 is 16.8 Å². The molecule has 0 aliphatic carbocycles. The van der Waals surface area contributed by atoms with Crippen molar-refractivity contribution in [2.24, 2.45) is 11.5 Å². The number of carbonyl (C=O) groups is 2. The summed E-state index contributed by atoms with van der Waals surface area (Å²) in [6.07, 6.45) is 1.51. The largest absolute Gasteiger partial charge is 0.364 e. The number of aromatic nitrogens is 2. The van der Waals surface area contributed by atoms with Crippen LogP contribution in [0.25, 0.3) is 16.8 Å². The molecule has 0 fully saturated rings. The minimum atomic E-state index is -0.797. The highest BCUT2D eigenvalue weighted by molar-refractivity contribution is 6.00. The fourth-order valence-electron chi connectivity index (χ4n) is 2.90. The summed E-state index contributed by atoms with van der Waals surface area (Å²) >= 11 is 0. The molecule has 0 atom stereocenters. The number of carbonyl (C=O) groups excluding carboxylic acids is 2. The minimum Gasteiger partial charge on any atom is -0.364 e. The fourth-order valence-corrected chi connectivity index (χ4v) is 2.90. The van der Waals surface area contributed by atoms with Crippen LogP contribution >= 0.6 is 0 Å². The second-order valence-corrected chi connectivity index (χ2v) is 7.57. The van der Waals surface area contributed by atoms with Gasteiger partial charge in [-0.05, 0) is 34.2 Å². The number of urea groups is 1. The van der Waals surface area contributed by atoms with E-state index < -0.39 is 11.9 Å². The third-order valence-corrected chi connectivity index (χ3v) is 4.40. The first-order valence-electron chi connectivity index (χ1n) is 8.82. The molecule has 0 spiro atoms.